The number of allylic oxidation sites excluding steroid dienone is 2. The van der Waals surface area contributed by atoms with Crippen molar-refractivity contribution in [2.45, 2.75) is 116 Å². The molecule has 0 aliphatic rings. The number of pyridine rings is 1. The van der Waals surface area contributed by atoms with Crippen molar-refractivity contribution in [1.29, 1.82) is 0 Å². The summed E-state index contributed by atoms with van der Waals surface area (Å²) in [5, 5.41) is 2.84. The van der Waals surface area contributed by atoms with E-state index in [2.05, 4.69) is 33.9 Å². The molecule has 11 heteroatoms. The van der Waals surface area contributed by atoms with E-state index in [1.807, 2.05) is 30.3 Å². The lowest BCUT2D eigenvalue weighted by Crippen LogP contribution is -2.40. The lowest BCUT2D eigenvalue weighted by atomic mass is 10.1. The third-order valence-electron chi connectivity index (χ3n) is 6.98. The zero-order valence-electron chi connectivity index (χ0n) is 27.2. The second-order valence-electron chi connectivity index (χ2n) is 10.8. The Hall–Kier alpha value is -2.59. The first kappa shape index (κ1) is 41.4. The number of phosphoric ester groups is 1. The molecule has 1 atom stereocenters. The fourth-order valence-electron chi connectivity index (χ4n) is 4.64. The molecule has 0 saturated heterocycles. The number of hydrogen-bond donors (Lipinski definition) is 3. The molecular weight excluding hydrogens is 579 g/mol. The van der Waals surface area contributed by atoms with E-state index >= 15 is 0 Å². The number of aromatic nitrogens is 1. The Morgan fingerprint density at radius 3 is 2.09 bits per heavy atom. The van der Waals surface area contributed by atoms with E-state index in [9.17, 15) is 19.1 Å². The van der Waals surface area contributed by atoms with Crippen molar-refractivity contribution in [1.82, 2.24) is 22.6 Å². The van der Waals surface area contributed by atoms with E-state index in [0.717, 1.165) is 49.8 Å². The Labute approximate surface area is 264 Å². The monoisotopic (exact) mass is 636 g/mol. The van der Waals surface area contributed by atoms with E-state index < -0.39 is 20.5 Å². The van der Waals surface area contributed by atoms with Gasteiger partial charge in [-0.15, -0.1) is 0 Å². The molecule has 0 saturated carbocycles. The highest BCUT2D eigenvalue weighted by Crippen LogP contribution is 2.25. The molecule has 0 spiro atoms. The third-order valence-corrected chi connectivity index (χ3v) is 7.45. The van der Waals surface area contributed by atoms with Gasteiger partial charge in [-0.1, -0.05) is 88.6 Å². The van der Waals surface area contributed by atoms with Crippen LogP contribution in [0.15, 0.2) is 60.8 Å². The highest BCUT2D eigenvalue weighted by atomic mass is 31.2. The molecule has 0 unspecified atom stereocenters. The molecule has 0 fully saturated rings. The van der Waals surface area contributed by atoms with E-state index in [1.165, 1.54) is 44.9 Å². The van der Waals surface area contributed by atoms with Gasteiger partial charge in [-0.2, -0.15) is 0 Å². The van der Waals surface area contributed by atoms with Crippen LogP contribution in [0.5, 0.6) is 5.75 Å². The second-order valence-corrected chi connectivity index (χ2v) is 12.0. The van der Waals surface area contributed by atoms with Gasteiger partial charge in [0.05, 0.1) is 26.2 Å². The molecule has 250 valence electrons. The minimum atomic E-state index is -5.15. The van der Waals surface area contributed by atoms with Gasteiger partial charge in [-0.3, -0.25) is 9.78 Å². The van der Waals surface area contributed by atoms with E-state index in [4.69, 9.17) is 4.74 Å². The molecule has 9 N–H and O–H groups in total. The number of benzene rings is 1. The van der Waals surface area contributed by atoms with Gasteiger partial charge >= 0.3 is 0 Å². The zero-order valence-corrected chi connectivity index (χ0v) is 28.1. The highest BCUT2D eigenvalue weighted by Gasteiger charge is 2.15. The summed E-state index contributed by atoms with van der Waals surface area (Å²) < 4.78 is 21.3. The number of phosphoric acid groups is 1. The van der Waals surface area contributed by atoms with Crippen LogP contribution in [0.4, 0.5) is 0 Å². The van der Waals surface area contributed by atoms with Gasteiger partial charge in [0.2, 0.25) is 5.91 Å². The number of nitrogens with one attached hydrogen (secondary N) is 1. The highest BCUT2D eigenvalue weighted by molar-refractivity contribution is 7.43. The van der Waals surface area contributed by atoms with Crippen LogP contribution in [0.1, 0.15) is 108 Å². The van der Waals surface area contributed by atoms with Crippen LogP contribution in [-0.2, 0) is 26.9 Å². The largest absolute Gasteiger partial charge is 0.790 e. The van der Waals surface area contributed by atoms with Crippen LogP contribution in [0, 0.1) is 0 Å². The number of quaternary nitrogens is 2. The van der Waals surface area contributed by atoms with Crippen LogP contribution < -0.4 is 32.1 Å². The molecule has 2 aromatic rings. The fraction of sp³-hybridized carbons (Fsp3) is 0.576. The Morgan fingerprint density at radius 2 is 1.50 bits per heavy atom. The van der Waals surface area contributed by atoms with Crippen LogP contribution in [-0.4, -0.2) is 23.5 Å². The number of ether oxygens (including phenoxy) is 1. The summed E-state index contributed by atoms with van der Waals surface area (Å²) in [5.74, 6) is 0.484. The molecule has 0 bridgehead atoms. The van der Waals surface area contributed by atoms with E-state index in [1.54, 1.807) is 18.3 Å². The van der Waals surface area contributed by atoms with Crippen molar-refractivity contribution in [3.8, 4) is 5.75 Å². The zero-order chi connectivity index (χ0) is 30.3. The van der Waals surface area contributed by atoms with Crippen molar-refractivity contribution in [3.63, 3.8) is 0 Å². The second kappa shape index (κ2) is 25.7. The Morgan fingerprint density at radius 1 is 0.886 bits per heavy atom. The van der Waals surface area contributed by atoms with Crippen LogP contribution in [0.25, 0.3) is 0 Å². The average molecular weight is 637 g/mol. The summed E-state index contributed by atoms with van der Waals surface area (Å²) in [6, 6.07) is 12.3. The third kappa shape index (κ3) is 22.0. The van der Waals surface area contributed by atoms with Crippen molar-refractivity contribution in [3.05, 3.63) is 72.1 Å². The van der Waals surface area contributed by atoms with Gasteiger partial charge in [-0.25, -0.2) is 0 Å². The van der Waals surface area contributed by atoms with Crippen molar-refractivity contribution in [2.75, 3.05) is 6.61 Å². The summed E-state index contributed by atoms with van der Waals surface area (Å²) in [7, 11) is -5.15. The van der Waals surface area contributed by atoms with E-state index in [-0.39, 0.29) is 18.2 Å². The van der Waals surface area contributed by atoms with Crippen LogP contribution in [0.2, 0.25) is 0 Å². The minimum absolute atomic E-state index is 0. The van der Waals surface area contributed by atoms with Gasteiger partial charge in [0.25, 0.3) is 0 Å². The number of hydrogen-bond acceptors (Lipinski definition) is 7. The maximum Gasteiger partial charge on any atom is 0.220 e. The van der Waals surface area contributed by atoms with Crippen LogP contribution >= 0.6 is 7.82 Å². The van der Waals surface area contributed by atoms with Gasteiger partial charge in [0.15, 0.2) is 0 Å². The molecule has 1 aromatic heterocycles. The average Bonchev–Trinajstić information content (AvgIpc) is 2.97. The fourth-order valence-corrected chi connectivity index (χ4v) is 5.00. The predicted molar refractivity (Wildman–Crippen MR) is 176 cm³/mol. The summed E-state index contributed by atoms with van der Waals surface area (Å²) in [6.45, 7) is 2.18. The molecule has 0 radical (unpaired) electrons. The SMILES string of the molecule is CCCCCCCC/C=C/CCCCCCCC(=O)N[C@@H](COP(=O)([O-])[O-])Cc1ccc(OCc2ccccn2)cc1.[NH4+].[NH4+]. The summed E-state index contributed by atoms with van der Waals surface area (Å²) in [6.07, 6.45) is 22.4. The van der Waals surface area contributed by atoms with Gasteiger partial charge in [0.1, 0.15) is 12.4 Å². The standard InChI is InChI=1S/C33H51N2O6P.2H3N/c1-2-3-4-5-6-7-8-9-10-11-12-13-14-15-16-20-33(36)35-31(28-41-42(37,38)39)26-29-21-23-32(24-22-29)40-27-30-19-17-18-25-34-30;;/h9-10,17-19,21-25,31H,2-8,11-16,20,26-28H2,1H3,(H,35,36)(H2,37,38,39);2*1H3/b10-9+;;/t31-;;/m1../s1. The minimum Gasteiger partial charge on any atom is -0.790 e. The normalized spacial score (nSPS) is 11.9. The Balaban J connectivity index is 0.00000924. The number of amides is 1. The maximum absolute atomic E-state index is 12.5. The molecule has 0 aliphatic heterocycles. The van der Waals surface area contributed by atoms with Crippen molar-refractivity contribution >= 4 is 13.7 Å². The van der Waals surface area contributed by atoms with Crippen molar-refractivity contribution in [2.24, 2.45) is 0 Å². The number of unbranched alkanes of at least 4 members (excludes halogenated alkanes) is 11. The van der Waals surface area contributed by atoms with Gasteiger partial charge < -0.3 is 41.2 Å². The van der Waals surface area contributed by atoms with Crippen molar-refractivity contribution < 1.29 is 28.4 Å². The first-order valence-electron chi connectivity index (χ1n) is 15.6. The molecule has 1 amide bonds. The Kier molecular flexibility index (Phi) is 24.2. The first-order chi connectivity index (χ1) is 20.4. The number of carbonyl (C=O) groups excluding carboxylic acids is 1. The summed E-state index contributed by atoms with van der Waals surface area (Å²) in [4.78, 5) is 38.9. The molecular formula is C33H57N4O6P. The smallest absolute Gasteiger partial charge is 0.220 e. The van der Waals surface area contributed by atoms with Gasteiger partial charge in [-0.05, 0) is 68.4 Å². The topological polar surface area (TPSA) is 197 Å². The molecule has 44 heavy (non-hydrogen) atoms. The van der Waals surface area contributed by atoms with E-state index in [0.29, 0.717) is 25.2 Å². The molecule has 0 aliphatic carbocycles. The lowest BCUT2D eigenvalue weighted by molar-refractivity contribution is -0.342. The number of carbonyl (C=O) groups is 1. The predicted octanol–water partition coefficient (Wildman–Crippen LogP) is 7.32. The summed E-state index contributed by atoms with van der Waals surface area (Å²) in [5.41, 5.74) is 1.66. The number of rotatable bonds is 24. The maximum atomic E-state index is 12.5. The molecule has 10 nitrogen and oxygen atoms in total. The molecule has 2 rings (SSSR count). The quantitative estimate of drug-likeness (QED) is 0.0609. The Bertz CT molecular complexity index is 1050. The molecule has 1 heterocycles. The first-order valence-corrected chi connectivity index (χ1v) is 17.0. The van der Waals surface area contributed by atoms with Gasteiger partial charge in [0, 0.05) is 12.6 Å². The molecule has 1 aromatic carbocycles. The lowest BCUT2D eigenvalue weighted by Gasteiger charge is -2.31. The van der Waals surface area contributed by atoms with Crippen LogP contribution in [0.3, 0.4) is 0 Å². The number of nitrogens with zero attached hydrogens (tertiary/aromatic N) is 1. The summed E-state index contributed by atoms with van der Waals surface area (Å²) >= 11 is 0.